The van der Waals surface area contributed by atoms with Crippen molar-refractivity contribution >= 4 is 39.6 Å². The number of halogens is 1. The molecule has 0 radical (unpaired) electrons. The molecule has 1 heterocycles. The van der Waals surface area contributed by atoms with Gasteiger partial charge in [0.1, 0.15) is 0 Å². The summed E-state index contributed by atoms with van der Waals surface area (Å²) < 4.78 is 0. The monoisotopic (exact) mass is 472 g/mol. The SMILES string of the molecule is CN(CCCCNc1ccnc2cc(Cl)ccc12)CCCN(c1ccccc1)c1ccccc1. The molecule has 0 aliphatic rings. The van der Waals surface area contributed by atoms with Gasteiger partial charge in [0.2, 0.25) is 0 Å². The van der Waals surface area contributed by atoms with Crippen LogP contribution in [-0.2, 0) is 0 Å². The van der Waals surface area contributed by atoms with Crippen LogP contribution >= 0.6 is 11.6 Å². The number of para-hydroxylation sites is 2. The van der Waals surface area contributed by atoms with Crippen LogP contribution in [-0.4, -0.2) is 43.1 Å². The number of hydrogen-bond donors (Lipinski definition) is 1. The van der Waals surface area contributed by atoms with Crippen LogP contribution < -0.4 is 10.2 Å². The number of benzene rings is 3. The number of nitrogens with one attached hydrogen (secondary N) is 1. The average Bonchev–Trinajstić information content (AvgIpc) is 2.87. The molecule has 4 nitrogen and oxygen atoms in total. The number of unbranched alkanes of at least 4 members (excludes halogenated alkanes) is 1. The molecule has 1 aromatic heterocycles. The third-order valence-corrected chi connectivity index (χ3v) is 6.28. The predicted molar refractivity (Wildman–Crippen MR) is 146 cm³/mol. The highest BCUT2D eigenvalue weighted by atomic mass is 35.5. The minimum Gasteiger partial charge on any atom is -0.384 e. The average molecular weight is 473 g/mol. The van der Waals surface area contributed by atoms with Crippen LogP contribution in [0.4, 0.5) is 17.1 Å². The molecule has 0 atom stereocenters. The zero-order chi connectivity index (χ0) is 23.6. The standard InChI is InChI=1S/C29H33ClN4/c1-33(20-9-8-18-31-28-17-19-32-29-23-24(30)15-16-27(28)29)21-10-22-34(25-11-4-2-5-12-25)26-13-6-3-7-14-26/h2-7,11-17,19,23H,8-10,18,20-22H2,1H3,(H,31,32). The van der Waals surface area contributed by atoms with E-state index >= 15 is 0 Å². The Kier molecular flexibility index (Phi) is 8.78. The van der Waals surface area contributed by atoms with E-state index in [1.165, 1.54) is 17.8 Å². The van der Waals surface area contributed by atoms with Crippen LogP contribution in [0.25, 0.3) is 10.9 Å². The highest BCUT2D eigenvalue weighted by Gasteiger charge is 2.09. The van der Waals surface area contributed by atoms with E-state index < -0.39 is 0 Å². The van der Waals surface area contributed by atoms with Crippen molar-refractivity contribution in [3.8, 4) is 0 Å². The molecule has 0 amide bonds. The Morgan fingerprint density at radius 3 is 2.15 bits per heavy atom. The Morgan fingerprint density at radius 2 is 1.44 bits per heavy atom. The van der Waals surface area contributed by atoms with Gasteiger partial charge in [0.05, 0.1) is 5.52 Å². The molecule has 0 spiro atoms. The topological polar surface area (TPSA) is 31.4 Å². The third kappa shape index (κ3) is 6.72. The summed E-state index contributed by atoms with van der Waals surface area (Å²) in [5.74, 6) is 0. The normalized spacial score (nSPS) is 11.1. The van der Waals surface area contributed by atoms with Crippen molar-refractivity contribution in [2.75, 3.05) is 43.4 Å². The maximum Gasteiger partial charge on any atom is 0.0737 e. The fourth-order valence-electron chi connectivity index (χ4n) is 4.24. The van der Waals surface area contributed by atoms with Crippen LogP contribution in [0.15, 0.2) is 91.1 Å². The second-order valence-corrected chi connectivity index (χ2v) is 9.07. The van der Waals surface area contributed by atoms with Crippen molar-refractivity contribution in [2.24, 2.45) is 0 Å². The van der Waals surface area contributed by atoms with Gasteiger partial charge in [-0.3, -0.25) is 4.98 Å². The van der Waals surface area contributed by atoms with Crippen LogP contribution in [0.5, 0.6) is 0 Å². The summed E-state index contributed by atoms with van der Waals surface area (Å²) in [6.45, 7) is 4.13. The van der Waals surface area contributed by atoms with Gasteiger partial charge in [0, 0.05) is 46.8 Å². The van der Waals surface area contributed by atoms with Crippen LogP contribution in [0.2, 0.25) is 5.02 Å². The molecule has 0 fully saturated rings. The summed E-state index contributed by atoms with van der Waals surface area (Å²) in [5.41, 5.74) is 4.54. The quantitative estimate of drug-likeness (QED) is 0.220. The van der Waals surface area contributed by atoms with Gasteiger partial charge in [-0.25, -0.2) is 0 Å². The molecule has 3 aromatic carbocycles. The van der Waals surface area contributed by atoms with Crippen molar-refractivity contribution in [1.29, 1.82) is 0 Å². The van der Waals surface area contributed by atoms with Crippen molar-refractivity contribution in [3.05, 3.63) is 96.1 Å². The van der Waals surface area contributed by atoms with Gasteiger partial charge in [-0.2, -0.15) is 0 Å². The van der Waals surface area contributed by atoms with Gasteiger partial charge < -0.3 is 15.1 Å². The summed E-state index contributed by atoms with van der Waals surface area (Å²) in [6, 6.07) is 29.2. The molecule has 0 saturated carbocycles. The Balaban J connectivity index is 1.19. The van der Waals surface area contributed by atoms with Crippen molar-refractivity contribution < 1.29 is 0 Å². The van der Waals surface area contributed by atoms with Crippen molar-refractivity contribution in [2.45, 2.75) is 19.3 Å². The molecule has 4 rings (SSSR count). The second kappa shape index (κ2) is 12.4. The molecule has 176 valence electrons. The summed E-state index contributed by atoms with van der Waals surface area (Å²) in [5, 5.41) is 5.40. The number of fused-ring (bicyclic) bond motifs is 1. The smallest absolute Gasteiger partial charge is 0.0737 e. The van der Waals surface area contributed by atoms with E-state index in [9.17, 15) is 0 Å². The molecule has 0 unspecified atom stereocenters. The third-order valence-electron chi connectivity index (χ3n) is 6.04. The molecule has 1 N–H and O–H groups in total. The zero-order valence-corrected chi connectivity index (χ0v) is 20.6. The Labute approximate surface area is 208 Å². The lowest BCUT2D eigenvalue weighted by molar-refractivity contribution is 0.324. The lowest BCUT2D eigenvalue weighted by atomic mass is 10.2. The van der Waals surface area contributed by atoms with Gasteiger partial charge in [0.25, 0.3) is 0 Å². The molecule has 0 bridgehead atoms. The van der Waals surface area contributed by atoms with Crippen molar-refractivity contribution in [3.63, 3.8) is 0 Å². The first-order valence-electron chi connectivity index (χ1n) is 12.0. The molecule has 0 aliphatic carbocycles. The van der Waals surface area contributed by atoms with Crippen LogP contribution in [0.1, 0.15) is 19.3 Å². The Bertz CT molecular complexity index is 1110. The van der Waals surface area contributed by atoms with Crippen molar-refractivity contribution in [1.82, 2.24) is 9.88 Å². The fraction of sp³-hybridized carbons (Fsp3) is 0.276. The first-order chi connectivity index (χ1) is 16.7. The van der Waals surface area contributed by atoms with E-state index in [0.29, 0.717) is 0 Å². The molecular formula is C29H33ClN4. The predicted octanol–water partition coefficient (Wildman–Crippen LogP) is 7.24. The minimum atomic E-state index is 0.718. The maximum atomic E-state index is 6.09. The first-order valence-corrected chi connectivity index (χ1v) is 12.4. The van der Waals surface area contributed by atoms with Gasteiger partial charge in [-0.1, -0.05) is 48.0 Å². The lowest BCUT2D eigenvalue weighted by Crippen LogP contribution is -2.26. The van der Waals surface area contributed by atoms with E-state index in [0.717, 1.165) is 60.6 Å². The molecule has 0 saturated heterocycles. The summed E-state index contributed by atoms with van der Waals surface area (Å²) in [4.78, 5) is 9.26. The number of anilines is 3. The summed E-state index contributed by atoms with van der Waals surface area (Å²) in [7, 11) is 2.23. The van der Waals surface area contributed by atoms with Gasteiger partial charge >= 0.3 is 0 Å². The zero-order valence-electron chi connectivity index (χ0n) is 19.8. The highest BCUT2D eigenvalue weighted by Crippen LogP contribution is 2.25. The number of pyridine rings is 1. The molecule has 34 heavy (non-hydrogen) atoms. The first kappa shape index (κ1) is 24.1. The number of hydrogen-bond acceptors (Lipinski definition) is 4. The molecule has 0 aliphatic heterocycles. The van der Waals surface area contributed by atoms with Gasteiger partial charge in [-0.05, 0) is 87.9 Å². The Hall–Kier alpha value is -3.08. The fourth-order valence-corrected chi connectivity index (χ4v) is 4.41. The number of nitrogens with zero attached hydrogens (tertiary/aromatic N) is 3. The molecular weight excluding hydrogens is 440 g/mol. The van der Waals surface area contributed by atoms with E-state index in [2.05, 4.69) is 87.8 Å². The molecule has 4 aromatic rings. The van der Waals surface area contributed by atoms with Crippen LogP contribution in [0.3, 0.4) is 0 Å². The summed E-state index contributed by atoms with van der Waals surface area (Å²) in [6.07, 6.45) is 5.24. The van der Waals surface area contributed by atoms with Gasteiger partial charge in [0.15, 0.2) is 0 Å². The highest BCUT2D eigenvalue weighted by molar-refractivity contribution is 6.31. The maximum absolute atomic E-state index is 6.09. The van der Waals surface area contributed by atoms with E-state index in [-0.39, 0.29) is 0 Å². The minimum absolute atomic E-state index is 0.718. The largest absolute Gasteiger partial charge is 0.384 e. The van der Waals surface area contributed by atoms with Crippen LogP contribution in [0, 0.1) is 0 Å². The summed E-state index contributed by atoms with van der Waals surface area (Å²) >= 11 is 6.09. The van der Waals surface area contributed by atoms with E-state index in [1.807, 2.05) is 30.5 Å². The second-order valence-electron chi connectivity index (χ2n) is 8.63. The number of rotatable bonds is 12. The van der Waals surface area contributed by atoms with Gasteiger partial charge in [-0.15, -0.1) is 0 Å². The molecule has 5 heteroatoms. The lowest BCUT2D eigenvalue weighted by Gasteiger charge is -2.26. The van der Waals surface area contributed by atoms with E-state index in [4.69, 9.17) is 11.6 Å². The van der Waals surface area contributed by atoms with E-state index in [1.54, 1.807) is 0 Å². The number of aromatic nitrogens is 1. The Morgan fingerprint density at radius 1 is 0.765 bits per heavy atom.